The summed E-state index contributed by atoms with van der Waals surface area (Å²) in [4.78, 5) is 95.0. The third-order valence-corrected chi connectivity index (χ3v) is 12.5. The van der Waals surface area contributed by atoms with Gasteiger partial charge >= 0.3 is 32.3 Å². The zero-order valence-corrected chi connectivity index (χ0v) is 53.4. The number of aromatic nitrogens is 3. The number of hydrogen-bond acceptors (Lipinski definition) is 15. The van der Waals surface area contributed by atoms with Gasteiger partial charge in [0.1, 0.15) is 11.6 Å². The first-order chi connectivity index (χ1) is 41.8. The predicted octanol–water partition coefficient (Wildman–Crippen LogP) is 15.4. The number of carbonyl (C=O) groups is 2. The number of anilines is 1. The largest absolute Gasteiger partial charge is 0.569 e. The Bertz CT molecular complexity index is 3510. The maximum absolute atomic E-state index is 10.2. The number of benzene rings is 6. The number of ketones is 2. The lowest BCUT2D eigenvalue weighted by molar-refractivity contribution is -0.384. The Morgan fingerprint density at radius 2 is 0.780 bits per heavy atom. The third-order valence-electron chi connectivity index (χ3n) is 11.6. The van der Waals surface area contributed by atoms with Gasteiger partial charge in [0.15, 0.2) is 0 Å². The van der Waals surface area contributed by atoms with Crippen molar-refractivity contribution in [3.63, 3.8) is 0 Å². The van der Waals surface area contributed by atoms with Crippen LogP contribution in [0.4, 0.5) is 11.4 Å². The highest BCUT2D eigenvalue weighted by atomic mass is 79.9. The Hall–Kier alpha value is -10.00. The molecule has 481 valence electrons. The Morgan fingerprint density at radius 1 is 0.473 bits per heavy atom. The van der Waals surface area contributed by atoms with Crippen LogP contribution in [0.25, 0.3) is 28.2 Å². The van der Waals surface area contributed by atoms with Gasteiger partial charge in [0, 0.05) is 90.8 Å². The number of nitrogens with two attached hydrogens (primary N) is 1. The average molecular weight is 1370 g/mol. The summed E-state index contributed by atoms with van der Waals surface area (Å²) in [6.45, 7) is 19.9. The number of nitrogen functional groups attached to an aromatic ring is 1. The van der Waals surface area contributed by atoms with Gasteiger partial charge in [0.05, 0.1) is 10.7 Å². The van der Waals surface area contributed by atoms with Crippen molar-refractivity contribution >= 4 is 87.1 Å². The van der Waals surface area contributed by atoms with Gasteiger partial charge in [-0.2, -0.15) is 38.4 Å². The Kier molecular flexibility index (Phi) is 48.0. The smallest absolute Gasteiger partial charge is 0.537 e. The summed E-state index contributed by atoms with van der Waals surface area (Å²) < 4.78 is 13.7. The fourth-order valence-corrected chi connectivity index (χ4v) is 8.47. The van der Waals surface area contributed by atoms with Crippen molar-refractivity contribution < 1.29 is 62.5 Å². The quantitative estimate of drug-likeness (QED) is 0.0557. The molecule has 9 rings (SSSR count). The minimum absolute atomic E-state index is 0. The van der Waals surface area contributed by atoms with Gasteiger partial charge in [0.25, 0.3) is 5.69 Å². The number of nitro benzene ring substituents is 1. The molecule has 0 aliphatic rings. The number of carbonyl (C=O) groups excluding carboxylic acids is 10. The monoisotopic (exact) mass is 1370 g/mol. The van der Waals surface area contributed by atoms with Crippen LogP contribution in [-0.4, -0.2) is 67.5 Å². The summed E-state index contributed by atoms with van der Waals surface area (Å²) >= 11 is 6.97. The van der Waals surface area contributed by atoms with Gasteiger partial charge in [-0.25, -0.2) is 0 Å². The molecule has 0 bridgehead atoms. The van der Waals surface area contributed by atoms with Gasteiger partial charge < -0.3 is 38.7 Å². The van der Waals surface area contributed by atoms with E-state index in [4.69, 9.17) is 53.8 Å². The number of aryl methyl sites for hydroxylation is 8. The Morgan fingerprint density at radius 3 is 1.07 bits per heavy atom. The molecule has 6 aromatic carbocycles. The molecule has 22 heteroatoms. The molecule has 0 amide bonds. The molecule has 9 aromatic rings. The topological polar surface area (TPSA) is 284 Å². The summed E-state index contributed by atoms with van der Waals surface area (Å²) in [6.07, 6.45) is 1.80. The molecule has 3 heterocycles. The molecule has 0 saturated heterocycles. The molecule has 0 spiro atoms. The van der Waals surface area contributed by atoms with Crippen LogP contribution in [0.2, 0.25) is 0 Å². The number of halogens is 2. The highest BCUT2D eigenvalue weighted by molar-refractivity contribution is 9.10. The Balaban J connectivity index is -0.000000488. The second-order valence-corrected chi connectivity index (χ2v) is 20.2. The minimum Gasteiger partial charge on any atom is -0.537 e. The van der Waals surface area contributed by atoms with E-state index in [2.05, 4.69) is 215 Å². The first kappa shape index (κ1) is 87.4. The van der Waals surface area contributed by atoms with Crippen molar-refractivity contribution in [2.24, 2.45) is 0 Å². The van der Waals surface area contributed by atoms with Crippen LogP contribution in [0, 0.1) is 65.5 Å². The average Bonchev–Trinajstić information content (AvgIpc) is 3.95. The van der Waals surface area contributed by atoms with E-state index in [1.54, 1.807) is 24.3 Å². The summed E-state index contributed by atoms with van der Waals surface area (Å²) in [7, 11) is 0.671. The van der Waals surface area contributed by atoms with Crippen LogP contribution in [0.15, 0.2) is 191 Å². The summed E-state index contributed by atoms with van der Waals surface area (Å²) in [5.41, 5.74) is 22.0. The zero-order valence-electron chi connectivity index (χ0n) is 50.2. The standard InChI is InChI=1S/C19H19N.2C12H12BrN.C7H8BO2.C6H6N2O2.C6H10O2.4CO2.3CH4/c1-14-7-11-17(12-8-14)18-5-4-6-19(13-18)20-15(2)9-10-16(20)3;2*1-9-6-7-10(2)14(9)12-5-3-4-11(13)8-12;1-6-2-4-7(5-3-6)10-8-9;7-5-2-1-3-6(4-5)8(9)10;1-5(7)3-4-6(2)8;4*2-1-3;;;/h4-13H,1-3H3;2*3-8H,1-2H3;2-5,9H,1H3;1-4H,7H2;3-4H2,1-2H3;;;;;3*1H4. The molecule has 1 radical (unpaired) electrons. The molecule has 0 unspecified atom stereocenters. The highest BCUT2D eigenvalue weighted by Gasteiger charge is 2.08. The number of nitro groups is 1. The second kappa shape index (κ2) is 49.9. The van der Waals surface area contributed by atoms with Crippen LogP contribution in [0.5, 0.6) is 5.75 Å². The van der Waals surface area contributed by atoms with Crippen LogP contribution in [0.1, 0.15) is 94.3 Å². The summed E-state index contributed by atoms with van der Waals surface area (Å²) in [5, 5.41) is 18.3. The van der Waals surface area contributed by atoms with Crippen molar-refractivity contribution in [3.8, 4) is 33.9 Å². The normalized spacial score (nSPS) is 8.71. The second-order valence-electron chi connectivity index (χ2n) is 18.4. The fourth-order valence-electron chi connectivity index (χ4n) is 7.70. The number of hydrogen-bond donors (Lipinski definition) is 2. The van der Waals surface area contributed by atoms with E-state index < -0.39 is 4.92 Å². The van der Waals surface area contributed by atoms with Crippen LogP contribution >= 0.6 is 31.9 Å². The lowest BCUT2D eigenvalue weighted by atomic mass is 10.0. The van der Waals surface area contributed by atoms with E-state index >= 15 is 0 Å². The first-order valence-corrected chi connectivity index (χ1v) is 27.7. The van der Waals surface area contributed by atoms with E-state index in [1.165, 1.54) is 99.5 Å². The molecular formula is C69H79BBr2N5O14. The Labute approximate surface area is 550 Å². The molecule has 0 aliphatic carbocycles. The van der Waals surface area contributed by atoms with Gasteiger partial charge in [-0.05, 0) is 183 Å². The van der Waals surface area contributed by atoms with Gasteiger partial charge in [-0.15, -0.1) is 0 Å². The molecule has 0 atom stereocenters. The van der Waals surface area contributed by atoms with Crippen molar-refractivity contribution in [1.29, 1.82) is 0 Å². The first-order valence-electron chi connectivity index (χ1n) is 26.1. The van der Waals surface area contributed by atoms with Crippen LogP contribution in [0.3, 0.4) is 0 Å². The predicted molar refractivity (Wildman–Crippen MR) is 359 cm³/mol. The van der Waals surface area contributed by atoms with Crippen molar-refractivity contribution in [3.05, 3.63) is 246 Å². The molecule has 0 aliphatic heterocycles. The minimum atomic E-state index is -0.476. The fraction of sp³-hybridized carbons (Fsp3) is 0.217. The maximum Gasteiger partial charge on any atom is 0.569 e. The highest BCUT2D eigenvalue weighted by Crippen LogP contribution is 2.26. The SMILES string of the molecule is C.C.C.CC(=O)CCC(C)=O.Cc1ccc(-c2cccc(-n3c(C)ccc3C)c2)cc1.Cc1ccc(C)n1-c1cccc(Br)c1.Cc1ccc(C)n1-c1cccc(Br)c1.Cc1ccc(O[B]O)cc1.Nc1cccc([N+](=O)[O-])c1.O=C=O.O=C=O.O=C=O.O=C=O. The van der Waals surface area contributed by atoms with E-state index in [0.29, 0.717) is 32.0 Å². The van der Waals surface area contributed by atoms with Crippen molar-refractivity contribution in [2.75, 3.05) is 5.73 Å². The molecule has 19 nitrogen and oxygen atoms in total. The van der Waals surface area contributed by atoms with Crippen LogP contribution < -0.4 is 10.4 Å². The molecule has 91 heavy (non-hydrogen) atoms. The van der Waals surface area contributed by atoms with Gasteiger partial charge in [0.2, 0.25) is 0 Å². The van der Waals surface area contributed by atoms with E-state index in [9.17, 15) is 19.7 Å². The molecule has 3 aromatic heterocycles. The molecule has 0 saturated carbocycles. The zero-order chi connectivity index (χ0) is 66.7. The van der Waals surface area contributed by atoms with Crippen molar-refractivity contribution in [2.45, 2.75) is 104 Å². The number of non-ortho nitro benzene ring substituents is 1. The van der Waals surface area contributed by atoms with E-state index in [0.717, 1.165) is 8.95 Å². The summed E-state index contributed by atoms with van der Waals surface area (Å²) in [5.74, 6) is 0.813. The van der Waals surface area contributed by atoms with Gasteiger partial charge in [-0.3, -0.25) is 10.1 Å². The molecule has 0 fully saturated rings. The van der Waals surface area contributed by atoms with E-state index in [1.807, 2.05) is 31.2 Å². The lowest BCUT2D eigenvalue weighted by Gasteiger charge is -2.11. The maximum atomic E-state index is 10.2. The number of Topliss-reactive ketones (excluding diaryl/α,β-unsaturated/α-hetero) is 2. The molecule has 3 N–H and O–H groups in total. The van der Waals surface area contributed by atoms with Gasteiger partial charge in [-0.1, -0.05) is 132 Å². The lowest BCUT2D eigenvalue weighted by Crippen LogP contribution is -1.99. The van der Waals surface area contributed by atoms with Crippen LogP contribution in [-0.2, 0) is 47.9 Å². The summed E-state index contributed by atoms with van der Waals surface area (Å²) in [6, 6.07) is 60.2. The third kappa shape index (κ3) is 35.6. The number of nitrogens with zero attached hydrogens (tertiary/aromatic N) is 4. The van der Waals surface area contributed by atoms with E-state index in [-0.39, 0.29) is 64.1 Å². The molecular weight excluding hydrogens is 1290 g/mol. The van der Waals surface area contributed by atoms with Crippen molar-refractivity contribution in [1.82, 2.24) is 13.7 Å². The number of rotatable bonds is 10.